The Morgan fingerprint density at radius 3 is 2.21 bits per heavy atom. The zero-order chi connectivity index (χ0) is 19.4. The largest absolute Gasteiger partial charge is 0.354 e. The summed E-state index contributed by atoms with van der Waals surface area (Å²) in [5.41, 5.74) is 7.35. The maximum atomic E-state index is 13.2. The first-order chi connectivity index (χ1) is 13.6. The second-order valence-electron chi connectivity index (χ2n) is 7.59. The maximum absolute atomic E-state index is 13.2. The summed E-state index contributed by atoms with van der Waals surface area (Å²) in [5.74, 6) is 0.0516. The molecule has 0 amide bonds. The molecule has 1 heterocycles. The third-order valence-corrected chi connectivity index (χ3v) is 5.95. The van der Waals surface area contributed by atoms with Crippen LogP contribution in [0, 0.1) is 0 Å². The van der Waals surface area contributed by atoms with Gasteiger partial charge in [-0.05, 0) is 71.8 Å². The molecule has 0 radical (unpaired) electrons. The number of H-pyrrole nitrogens is 1. The summed E-state index contributed by atoms with van der Waals surface area (Å²) in [7, 11) is 0. The van der Waals surface area contributed by atoms with Gasteiger partial charge < -0.3 is 4.98 Å². The van der Waals surface area contributed by atoms with Gasteiger partial charge in [0.15, 0.2) is 11.2 Å². The average molecular weight is 367 g/mol. The van der Waals surface area contributed by atoms with Gasteiger partial charge in [0.05, 0.1) is 5.52 Å². The highest BCUT2D eigenvalue weighted by Crippen LogP contribution is 2.30. The number of rotatable bonds is 2. The maximum Gasteiger partial charge on any atom is 0.197 e. The molecule has 0 bridgehead atoms. The molecule has 1 N–H and O–H groups in total. The summed E-state index contributed by atoms with van der Waals surface area (Å²) in [6, 6.07) is 15.9. The van der Waals surface area contributed by atoms with Gasteiger partial charge in [0.25, 0.3) is 0 Å². The van der Waals surface area contributed by atoms with E-state index in [4.69, 9.17) is 0 Å². The first-order valence-electron chi connectivity index (χ1n) is 9.87. The Balaban J connectivity index is 1.76. The van der Waals surface area contributed by atoms with Gasteiger partial charge in [-0.25, -0.2) is 0 Å². The van der Waals surface area contributed by atoms with Crippen molar-refractivity contribution in [3.63, 3.8) is 0 Å². The molecule has 138 valence electrons. The summed E-state index contributed by atoms with van der Waals surface area (Å²) in [6.07, 6.45) is 2.48. The first-order valence-corrected chi connectivity index (χ1v) is 9.87. The van der Waals surface area contributed by atoms with Crippen molar-refractivity contribution in [2.75, 3.05) is 0 Å². The molecular weight excluding hydrogens is 346 g/mol. The number of aromatic nitrogens is 1. The molecule has 0 unspecified atom stereocenters. The van der Waals surface area contributed by atoms with E-state index in [1.165, 1.54) is 5.56 Å². The number of fused-ring (bicyclic) bond motifs is 4. The summed E-state index contributed by atoms with van der Waals surface area (Å²) < 4.78 is 0. The van der Waals surface area contributed by atoms with Crippen molar-refractivity contribution in [2.24, 2.45) is 0 Å². The number of pyridine rings is 1. The monoisotopic (exact) mass is 367 g/mol. The van der Waals surface area contributed by atoms with E-state index in [9.17, 15) is 9.59 Å². The molecule has 1 aliphatic rings. The highest BCUT2D eigenvalue weighted by atomic mass is 16.1. The lowest BCUT2D eigenvalue weighted by Gasteiger charge is -2.20. The van der Waals surface area contributed by atoms with Crippen LogP contribution in [0.2, 0.25) is 0 Å². The number of benzene rings is 3. The fourth-order valence-corrected chi connectivity index (χ4v) is 4.25. The molecule has 0 aliphatic heterocycles. The lowest BCUT2D eigenvalue weighted by molar-refractivity contribution is 0.103. The van der Waals surface area contributed by atoms with E-state index in [0.29, 0.717) is 22.8 Å². The topological polar surface area (TPSA) is 49.9 Å². The van der Waals surface area contributed by atoms with Crippen LogP contribution in [-0.2, 0) is 19.3 Å². The Morgan fingerprint density at radius 1 is 0.750 bits per heavy atom. The van der Waals surface area contributed by atoms with E-state index in [0.717, 1.165) is 46.1 Å². The molecule has 3 heteroatoms. The fraction of sp³-hybridized carbons (Fsp3) is 0.200. The minimum absolute atomic E-state index is 0.0291. The highest BCUT2D eigenvalue weighted by Gasteiger charge is 2.24. The second kappa shape index (κ2) is 6.16. The predicted octanol–water partition coefficient (Wildman–Crippen LogP) is 4.94. The number of hydrogen-bond donors (Lipinski definition) is 1. The molecule has 28 heavy (non-hydrogen) atoms. The molecular formula is C25H21NO2. The Hall–Kier alpha value is -3.20. The molecule has 1 aromatic heterocycles. The number of aromatic amines is 1. The highest BCUT2D eigenvalue weighted by molar-refractivity contribution is 6.14. The molecule has 0 saturated heterocycles. The van der Waals surface area contributed by atoms with Crippen LogP contribution < -0.4 is 5.43 Å². The smallest absolute Gasteiger partial charge is 0.197 e. The normalized spacial score (nSPS) is 13.0. The van der Waals surface area contributed by atoms with Gasteiger partial charge in [-0.15, -0.1) is 0 Å². The molecule has 1 aliphatic carbocycles. The lowest BCUT2D eigenvalue weighted by atomic mass is 9.83. The summed E-state index contributed by atoms with van der Waals surface area (Å²) >= 11 is 0. The van der Waals surface area contributed by atoms with Gasteiger partial charge in [-0.2, -0.15) is 0 Å². The number of carbonyl (C=O) groups excluding carboxylic acids is 1. The standard InChI is InChI=1S/C25H21NO2/c1-3-14-5-7-16-11-17-12-21-23(13-19(17)24(27)18(16)9-14)26-22-8-6-15(4-2)10-20(22)25(21)28/h5-10,12-13H,3-4,11H2,1-2H3,(H,26,28). The molecule has 0 spiro atoms. The van der Waals surface area contributed by atoms with Crippen LogP contribution in [0.25, 0.3) is 21.8 Å². The van der Waals surface area contributed by atoms with Crippen LogP contribution in [0.15, 0.2) is 53.3 Å². The summed E-state index contributed by atoms with van der Waals surface area (Å²) in [4.78, 5) is 29.7. The molecule has 0 atom stereocenters. The lowest BCUT2D eigenvalue weighted by Crippen LogP contribution is -2.17. The quantitative estimate of drug-likeness (QED) is 0.449. The van der Waals surface area contributed by atoms with Crippen molar-refractivity contribution in [3.8, 4) is 0 Å². The van der Waals surface area contributed by atoms with Gasteiger partial charge in [0.1, 0.15) is 0 Å². The fourth-order valence-electron chi connectivity index (χ4n) is 4.25. The Kier molecular flexibility index (Phi) is 3.73. The molecule has 3 aromatic carbocycles. The number of aryl methyl sites for hydroxylation is 2. The van der Waals surface area contributed by atoms with E-state index in [1.807, 2.05) is 36.4 Å². The van der Waals surface area contributed by atoms with Crippen molar-refractivity contribution in [2.45, 2.75) is 33.1 Å². The summed E-state index contributed by atoms with van der Waals surface area (Å²) in [5, 5.41) is 1.36. The third-order valence-electron chi connectivity index (χ3n) is 5.95. The number of ketones is 1. The van der Waals surface area contributed by atoms with Gasteiger partial charge in [0, 0.05) is 27.4 Å². The number of hydrogen-bond acceptors (Lipinski definition) is 2. The van der Waals surface area contributed by atoms with Crippen LogP contribution in [0.1, 0.15) is 52.0 Å². The Labute approximate surface area is 163 Å². The predicted molar refractivity (Wildman–Crippen MR) is 114 cm³/mol. The first kappa shape index (κ1) is 16.9. The zero-order valence-electron chi connectivity index (χ0n) is 16.1. The molecule has 0 saturated carbocycles. The van der Waals surface area contributed by atoms with Gasteiger partial charge in [0.2, 0.25) is 0 Å². The number of carbonyl (C=O) groups is 1. The summed E-state index contributed by atoms with van der Waals surface area (Å²) in [6.45, 7) is 4.18. The van der Waals surface area contributed by atoms with Crippen molar-refractivity contribution in [1.82, 2.24) is 4.98 Å². The SMILES string of the molecule is CCc1ccc2c(c1)C(=O)c1cc3[nH]c4ccc(CC)cc4c(=O)c3cc1C2. The minimum atomic E-state index is 0.0291. The molecule has 4 aromatic rings. The van der Waals surface area contributed by atoms with Crippen LogP contribution in [-0.4, -0.2) is 10.8 Å². The molecule has 5 rings (SSSR count). The number of nitrogens with one attached hydrogen (secondary N) is 1. The van der Waals surface area contributed by atoms with Gasteiger partial charge in [-0.3, -0.25) is 9.59 Å². The van der Waals surface area contributed by atoms with Crippen molar-refractivity contribution < 1.29 is 4.79 Å². The zero-order valence-corrected chi connectivity index (χ0v) is 16.1. The van der Waals surface area contributed by atoms with Gasteiger partial charge >= 0.3 is 0 Å². The van der Waals surface area contributed by atoms with E-state index < -0.39 is 0 Å². The minimum Gasteiger partial charge on any atom is -0.354 e. The van der Waals surface area contributed by atoms with Crippen LogP contribution in [0.3, 0.4) is 0 Å². The molecule has 3 nitrogen and oxygen atoms in total. The van der Waals surface area contributed by atoms with E-state index in [-0.39, 0.29) is 11.2 Å². The van der Waals surface area contributed by atoms with Crippen molar-refractivity contribution in [1.29, 1.82) is 0 Å². The third kappa shape index (κ3) is 2.43. The van der Waals surface area contributed by atoms with Crippen molar-refractivity contribution >= 4 is 27.6 Å². The van der Waals surface area contributed by atoms with E-state index in [2.05, 4.69) is 31.0 Å². The Bertz CT molecular complexity index is 1340. The second-order valence-corrected chi connectivity index (χ2v) is 7.59. The van der Waals surface area contributed by atoms with E-state index in [1.54, 1.807) is 0 Å². The van der Waals surface area contributed by atoms with Crippen LogP contribution >= 0.6 is 0 Å². The Morgan fingerprint density at radius 2 is 1.43 bits per heavy atom. The van der Waals surface area contributed by atoms with E-state index >= 15 is 0 Å². The van der Waals surface area contributed by atoms with Gasteiger partial charge in [-0.1, -0.05) is 32.0 Å². The molecule has 0 fully saturated rings. The van der Waals surface area contributed by atoms with Crippen molar-refractivity contribution in [3.05, 3.63) is 92.1 Å². The van der Waals surface area contributed by atoms with Crippen LogP contribution in [0.5, 0.6) is 0 Å². The average Bonchev–Trinajstić information content (AvgIpc) is 2.73. The van der Waals surface area contributed by atoms with Crippen LogP contribution in [0.4, 0.5) is 0 Å².